The van der Waals surface area contributed by atoms with Gasteiger partial charge in [0.15, 0.2) is 0 Å². The summed E-state index contributed by atoms with van der Waals surface area (Å²) in [6.45, 7) is 1.98. The fourth-order valence-electron chi connectivity index (χ4n) is 1.99. The number of carbonyl (C=O) groups excluding carboxylic acids is 1. The normalized spacial score (nSPS) is 12.4. The summed E-state index contributed by atoms with van der Waals surface area (Å²) in [6, 6.07) is 9.78. The van der Waals surface area contributed by atoms with Crippen LogP contribution in [0, 0.1) is 0 Å². The van der Waals surface area contributed by atoms with Crippen LogP contribution in [0.5, 0.6) is 0 Å². The second kappa shape index (κ2) is 4.95. The van der Waals surface area contributed by atoms with Gasteiger partial charge in [-0.15, -0.1) is 0 Å². The lowest BCUT2D eigenvalue weighted by Crippen LogP contribution is -2.13. The van der Waals surface area contributed by atoms with Crippen LogP contribution in [-0.4, -0.2) is 18.1 Å². The summed E-state index contributed by atoms with van der Waals surface area (Å²) in [5, 5.41) is 1.05. The van der Waals surface area contributed by atoms with Crippen molar-refractivity contribution in [2.24, 2.45) is 0 Å². The van der Waals surface area contributed by atoms with Crippen LogP contribution in [-0.2, 0) is 9.53 Å². The van der Waals surface area contributed by atoms with Crippen molar-refractivity contribution in [2.75, 3.05) is 7.11 Å². The molecule has 1 aromatic carbocycles. The molecule has 1 aromatic heterocycles. The van der Waals surface area contributed by atoms with Crippen LogP contribution >= 0.6 is 0 Å². The molecule has 1 heterocycles. The van der Waals surface area contributed by atoms with E-state index in [1.807, 2.05) is 37.3 Å². The van der Waals surface area contributed by atoms with Crippen molar-refractivity contribution < 1.29 is 9.53 Å². The molecule has 0 bridgehead atoms. The molecule has 0 fully saturated rings. The van der Waals surface area contributed by atoms with Gasteiger partial charge in [0.25, 0.3) is 0 Å². The second-order valence-corrected chi connectivity index (χ2v) is 3.94. The molecule has 17 heavy (non-hydrogen) atoms. The van der Waals surface area contributed by atoms with Crippen LogP contribution in [0.25, 0.3) is 10.9 Å². The zero-order valence-corrected chi connectivity index (χ0v) is 10.0. The first-order valence-corrected chi connectivity index (χ1v) is 5.68. The average molecular weight is 229 g/mol. The smallest absolute Gasteiger partial charge is 0.313 e. The second-order valence-electron chi connectivity index (χ2n) is 3.94. The highest BCUT2D eigenvalue weighted by Crippen LogP contribution is 2.24. The van der Waals surface area contributed by atoms with E-state index in [0.717, 1.165) is 22.9 Å². The van der Waals surface area contributed by atoms with Crippen LogP contribution in [0.3, 0.4) is 0 Å². The first kappa shape index (κ1) is 11.6. The third-order valence-electron chi connectivity index (χ3n) is 2.92. The summed E-state index contributed by atoms with van der Waals surface area (Å²) in [4.78, 5) is 15.9. The largest absolute Gasteiger partial charge is 0.469 e. The maximum absolute atomic E-state index is 11.6. The van der Waals surface area contributed by atoms with Crippen molar-refractivity contribution >= 4 is 16.9 Å². The van der Waals surface area contributed by atoms with E-state index in [2.05, 4.69) is 4.98 Å². The molecule has 88 valence electrons. The predicted octanol–water partition coefficient (Wildman–Crippen LogP) is 2.90. The van der Waals surface area contributed by atoms with E-state index in [9.17, 15) is 4.79 Å². The van der Waals surface area contributed by atoms with Crippen LogP contribution in [0.4, 0.5) is 0 Å². The maximum atomic E-state index is 11.6. The van der Waals surface area contributed by atoms with Crippen molar-refractivity contribution in [3.63, 3.8) is 0 Å². The Hall–Kier alpha value is -1.90. The topological polar surface area (TPSA) is 39.2 Å². The van der Waals surface area contributed by atoms with Gasteiger partial charge in [0.05, 0.1) is 18.5 Å². The van der Waals surface area contributed by atoms with E-state index in [0.29, 0.717) is 0 Å². The van der Waals surface area contributed by atoms with E-state index in [1.165, 1.54) is 7.11 Å². The molecule has 3 nitrogen and oxygen atoms in total. The molecule has 0 aliphatic heterocycles. The van der Waals surface area contributed by atoms with Crippen LogP contribution in [0.15, 0.2) is 36.5 Å². The van der Waals surface area contributed by atoms with Crippen molar-refractivity contribution in [2.45, 2.75) is 19.3 Å². The molecule has 1 atom stereocenters. The van der Waals surface area contributed by atoms with Gasteiger partial charge in [-0.1, -0.05) is 19.1 Å². The number of hydrogen-bond donors (Lipinski definition) is 0. The minimum Gasteiger partial charge on any atom is -0.469 e. The molecular formula is C14H15NO2. The molecule has 0 aliphatic rings. The molecule has 0 saturated carbocycles. The quantitative estimate of drug-likeness (QED) is 0.760. The fraction of sp³-hybridized carbons (Fsp3) is 0.286. The average Bonchev–Trinajstić information content (AvgIpc) is 2.39. The summed E-state index contributed by atoms with van der Waals surface area (Å²) in [7, 11) is 1.42. The third-order valence-corrected chi connectivity index (χ3v) is 2.92. The minimum atomic E-state index is -0.190. The lowest BCUT2D eigenvalue weighted by molar-refractivity contribution is -0.142. The SMILES string of the molecule is CCC(C(=O)OC)c1ccc2ncccc2c1. The molecular weight excluding hydrogens is 214 g/mol. The zero-order chi connectivity index (χ0) is 12.3. The number of ether oxygens (including phenoxy) is 1. The highest BCUT2D eigenvalue weighted by molar-refractivity contribution is 5.83. The number of aromatic nitrogens is 1. The molecule has 0 amide bonds. The molecule has 1 unspecified atom stereocenters. The number of benzene rings is 1. The Morgan fingerprint density at radius 3 is 2.94 bits per heavy atom. The number of nitrogens with zero attached hydrogens (tertiary/aromatic N) is 1. The van der Waals surface area contributed by atoms with E-state index < -0.39 is 0 Å². The van der Waals surface area contributed by atoms with Crippen molar-refractivity contribution in [3.8, 4) is 0 Å². The molecule has 0 N–H and O–H groups in total. The number of esters is 1. The van der Waals surface area contributed by atoms with Crippen molar-refractivity contribution in [3.05, 3.63) is 42.1 Å². The van der Waals surface area contributed by atoms with Crippen molar-refractivity contribution in [1.82, 2.24) is 4.98 Å². The van der Waals surface area contributed by atoms with Gasteiger partial charge < -0.3 is 4.74 Å². The number of hydrogen-bond acceptors (Lipinski definition) is 3. The number of carbonyl (C=O) groups is 1. The van der Waals surface area contributed by atoms with Crippen LogP contribution < -0.4 is 0 Å². The summed E-state index contributed by atoms with van der Waals surface area (Å²) in [6.07, 6.45) is 2.50. The van der Waals surface area contributed by atoms with Gasteiger partial charge in [0.1, 0.15) is 0 Å². The number of rotatable bonds is 3. The lowest BCUT2D eigenvalue weighted by Gasteiger charge is -2.13. The highest BCUT2D eigenvalue weighted by atomic mass is 16.5. The van der Waals surface area contributed by atoms with E-state index in [4.69, 9.17) is 4.74 Å². The molecule has 0 saturated heterocycles. The Morgan fingerprint density at radius 1 is 1.41 bits per heavy atom. The first-order valence-electron chi connectivity index (χ1n) is 5.68. The standard InChI is InChI=1S/C14H15NO2/c1-3-12(14(16)17-2)10-6-7-13-11(9-10)5-4-8-15-13/h4-9,12H,3H2,1-2H3. The third kappa shape index (κ3) is 2.28. The highest BCUT2D eigenvalue weighted by Gasteiger charge is 2.19. The van der Waals surface area contributed by atoms with Gasteiger partial charge in [-0.2, -0.15) is 0 Å². The van der Waals surface area contributed by atoms with Gasteiger partial charge >= 0.3 is 5.97 Å². The summed E-state index contributed by atoms with van der Waals surface area (Å²) in [5.41, 5.74) is 1.93. The molecule has 0 aliphatic carbocycles. The zero-order valence-electron chi connectivity index (χ0n) is 10.0. The molecule has 0 spiro atoms. The Balaban J connectivity index is 2.44. The summed E-state index contributed by atoms with van der Waals surface area (Å²) in [5.74, 6) is -0.375. The summed E-state index contributed by atoms with van der Waals surface area (Å²) < 4.78 is 4.82. The number of pyridine rings is 1. The Morgan fingerprint density at radius 2 is 2.24 bits per heavy atom. The Bertz CT molecular complexity index is 536. The van der Waals surface area contributed by atoms with E-state index in [1.54, 1.807) is 6.20 Å². The molecule has 2 aromatic rings. The molecule has 0 radical (unpaired) electrons. The van der Waals surface area contributed by atoms with Crippen molar-refractivity contribution in [1.29, 1.82) is 0 Å². The molecule has 3 heteroatoms. The van der Waals surface area contributed by atoms with Gasteiger partial charge in [0, 0.05) is 11.6 Å². The maximum Gasteiger partial charge on any atom is 0.313 e. The first-order chi connectivity index (χ1) is 8.26. The fourth-order valence-corrected chi connectivity index (χ4v) is 1.99. The minimum absolute atomic E-state index is 0.184. The van der Waals surface area contributed by atoms with Crippen LogP contribution in [0.1, 0.15) is 24.8 Å². The van der Waals surface area contributed by atoms with E-state index >= 15 is 0 Å². The predicted molar refractivity (Wildman–Crippen MR) is 66.8 cm³/mol. The number of methoxy groups -OCH3 is 1. The van der Waals surface area contributed by atoms with Gasteiger partial charge in [-0.25, -0.2) is 0 Å². The van der Waals surface area contributed by atoms with Crippen LogP contribution in [0.2, 0.25) is 0 Å². The van der Waals surface area contributed by atoms with E-state index in [-0.39, 0.29) is 11.9 Å². The lowest BCUT2D eigenvalue weighted by atomic mass is 9.95. The van der Waals surface area contributed by atoms with Gasteiger partial charge in [-0.3, -0.25) is 9.78 Å². The Kier molecular flexibility index (Phi) is 3.38. The monoisotopic (exact) mass is 229 g/mol. The van der Waals surface area contributed by atoms with Gasteiger partial charge in [0.2, 0.25) is 0 Å². The Labute approximate surface area is 100 Å². The van der Waals surface area contributed by atoms with Gasteiger partial charge in [-0.05, 0) is 30.2 Å². The molecule has 2 rings (SSSR count). The number of fused-ring (bicyclic) bond motifs is 1. The summed E-state index contributed by atoms with van der Waals surface area (Å²) >= 11 is 0.